The van der Waals surface area contributed by atoms with Gasteiger partial charge in [-0.2, -0.15) is 0 Å². The van der Waals surface area contributed by atoms with Crippen molar-refractivity contribution in [2.24, 2.45) is 0 Å². The second kappa shape index (κ2) is 11.7. The summed E-state index contributed by atoms with van der Waals surface area (Å²) in [5.41, 5.74) is 2.18. The van der Waals surface area contributed by atoms with E-state index in [0.29, 0.717) is 11.5 Å². The van der Waals surface area contributed by atoms with Gasteiger partial charge >= 0.3 is 0 Å². The molecule has 0 bridgehead atoms. The van der Waals surface area contributed by atoms with Crippen molar-refractivity contribution in [3.05, 3.63) is 71.8 Å². The summed E-state index contributed by atoms with van der Waals surface area (Å²) in [5.74, 6) is 1.27. The fourth-order valence-electron chi connectivity index (χ4n) is 2.45. The van der Waals surface area contributed by atoms with Gasteiger partial charge in [-0.25, -0.2) is 0 Å². The van der Waals surface area contributed by atoms with E-state index in [2.05, 4.69) is 0 Å². The third-order valence-electron chi connectivity index (χ3n) is 4.07. The average Bonchev–Trinajstić information content (AvgIpc) is 2.73. The molecule has 0 fully saturated rings. The van der Waals surface area contributed by atoms with E-state index in [1.807, 2.05) is 60.7 Å². The molecule has 0 radical (unpaired) electrons. The van der Waals surface area contributed by atoms with Crippen LogP contribution >= 0.6 is 23.5 Å². The van der Waals surface area contributed by atoms with Crippen LogP contribution in [0, 0.1) is 0 Å². The van der Waals surface area contributed by atoms with Crippen molar-refractivity contribution < 1.29 is 25.5 Å². The highest BCUT2D eigenvalue weighted by molar-refractivity contribution is 8.16. The first-order valence-electron chi connectivity index (χ1n) is 8.67. The van der Waals surface area contributed by atoms with Gasteiger partial charge in [0.05, 0.1) is 11.2 Å². The van der Waals surface area contributed by atoms with Crippen LogP contribution in [0.5, 0.6) is 0 Å². The lowest BCUT2D eigenvalue weighted by Gasteiger charge is -2.30. The van der Waals surface area contributed by atoms with E-state index in [1.54, 1.807) is 0 Å². The van der Waals surface area contributed by atoms with Gasteiger partial charge in [-0.05, 0) is 11.1 Å². The maximum Gasteiger partial charge on any atom is 0.111 e. The summed E-state index contributed by atoms with van der Waals surface area (Å²) in [6, 6.07) is 19.6. The summed E-state index contributed by atoms with van der Waals surface area (Å²) in [5, 5.41) is 49.3. The van der Waals surface area contributed by atoms with Crippen LogP contribution in [0.2, 0.25) is 0 Å². The minimum absolute atomic E-state index is 0.430. The van der Waals surface area contributed by atoms with Gasteiger partial charge in [0.25, 0.3) is 0 Å². The molecule has 2 aromatic carbocycles. The number of hydrogen-bond donors (Lipinski definition) is 5. The molecule has 0 aliphatic carbocycles. The summed E-state index contributed by atoms with van der Waals surface area (Å²) in [7, 11) is 0. The van der Waals surface area contributed by atoms with Crippen LogP contribution in [0.4, 0.5) is 0 Å². The molecule has 0 aromatic heterocycles. The Hall–Kier alpha value is -1.06. The molecule has 2 aromatic rings. The monoisotopic (exact) mass is 410 g/mol. The third-order valence-corrected chi connectivity index (χ3v) is 7.11. The first kappa shape index (κ1) is 22.2. The normalized spacial score (nSPS) is 16.1. The van der Waals surface area contributed by atoms with Gasteiger partial charge in [0.2, 0.25) is 0 Å². The van der Waals surface area contributed by atoms with E-state index >= 15 is 0 Å². The maximum atomic E-state index is 10.6. The number of aliphatic hydroxyl groups excluding tert-OH is 5. The number of benzene rings is 2. The first-order valence-corrected chi connectivity index (χ1v) is 10.8. The van der Waals surface area contributed by atoms with Crippen molar-refractivity contribution in [3.63, 3.8) is 0 Å². The quantitative estimate of drug-likeness (QED) is 0.359. The first-order chi connectivity index (χ1) is 13.0. The molecular weight excluding hydrogens is 384 g/mol. The van der Waals surface area contributed by atoms with Crippen LogP contribution in [-0.4, -0.2) is 61.1 Å². The zero-order chi connectivity index (χ0) is 19.6. The molecule has 0 aliphatic rings. The molecule has 0 unspecified atom stereocenters. The van der Waals surface area contributed by atoms with Crippen LogP contribution in [0.15, 0.2) is 60.7 Å². The molecule has 0 amide bonds. The summed E-state index contributed by atoms with van der Waals surface area (Å²) in [6.07, 6.45) is -5.97. The maximum absolute atomic E-state index is 10.6. The highest BCUT2D eigenvalue weighted by Gasteiger charge is 2.35. The van der Waals surface area contributed by atoms with E-state index in [1.165, 1.54) is 23.5 Å². The number of thioether (sulfide) groups is 2. The molecule has 7 heteroatoms. The summed E-state index contributed by atoms with van der Waals surface area (Å²) in [6.45, 7) is -0.691. The van der Waals surface area contributed by atoms with E-state index in [9.17, 15) is 20.4 Å². The van der Waals surface area contributed by atoms with E-state index in [4.69, 9.17) is 5.11 Å². The molecular formula is C20H26O5S2. The molecule has 148 valence electrons. The van der Waals surface area contributed by atoms with Crippen molar-refractivity contribution in [3.8, 4) is 0 Å². The molecule has 0 saturated carbocycles. The lowest BCUT2D eigenvalue weighted by atomic mass is 10.0. The molecule has 4 atom stereocenters. The lowest BCUT2D eigenvalue weighted by molar-refractivity contribution is -0.111. The number of aliphatic hydroxyl groups is 5. The second-order valence-corrected chi connectivity index (χ2v) is 8.74. The highest BCUT2D eigenvalue weighted by atomic mass is 32.2. The van der Waals surface area contributed by atoms with Gasteiger partial charge in [0.15, 0.2) is 0 Å². The molecule has 0 spiro atoms. The van der Waals surface area contributed by atoms with Crippen molar-refractivity contribution in [2.75, 3.05) is 6.61 Å². The smallest absolute Gasteiger partial charge is 0.111 e. The van der Waals surface area contributed by atoms with Gasteiger partial charge in [-0.3, -0.25) is 0 Å². The predicted molar refractivity (Wildman–Crippen MR) is 110 cm³/mol. The van der Waals surface area contributed by atoms with Gasteiger partial charge < -0.3 is 25.5 Å². The minimum atomic E-state index is -1.62. The van der Waals surface area contributed by atoms with Crippen LogP contribution in [-0.2, 0) is 11.5 Å². The number of rotatable bonds is 11. The molecule has 0 saturated heterocycles. The zero-order valence-corrected chi connectivity index (χ0v) is 16.5. The van der Waals surface area contributed by atoms with Gasteiger partial charge in [-0.1, -0.05) is 60.7 Å². The molecule has 5 N–H and O–H groups in total. The molecule has 2 rings (SSSR count). The third kappa shape index (κ3) is 7.12. The van der Waals surface area contributed by atoms with E-state index < -0.39 is 35.6 Å². The second-order valence-electron chi connectivity index (χ2n) is 6.18. The summed E-state index contributed by atoms with van der Waals surface area (Å²) in [4.78, 5) is 0. The van der Waals surface area contributed by atoms with Crippen molar-refractivity contribution in [1.29, 1.82) is 0 Å². The Morgan fingerprint density at radius 1 is 0.630 bits per heavy atom. The summed E-state index contributed by atoms with van der Waals surface area (Å²) >= 11 is 2.93. The van der Waals surface area contributed by atoms with Crippen LogP contribution in [0.3, 0.4) is 0 Å². The Bertz CT molecular complexity index is 600. The Kier molecular flexibility index (Phi) is 9.64. The summed E-state index contributed by atoms with van der Waals surface area (Å²) < 4.78 is -0.430. The average molecular weight is 411 g/mol. The molecule has 0 heterocycles. The van der Waals surface area contributed by atoms with Crippen LogP contribution < -0.4 is 0 Å². The SMILES string of the molecule is OC[C@H](O)[C@H](O)[C@@H](O)[C@@H](O)C(SCc1ccccc1)SCc1ccccc1. The largest absolute Gasteiger partial charge is 0.394 e. The number of hydrogen-bond acceptors (Lipinski definition) is 7. The van der Waals surface area contributed by atoms with Gasteiger partial charge in [0, 0.05) is 11.5 Å². The van der Waals surface area contributed by atoms with E-state index in [0.717, 1.165) is 11.1 Å². The standard InChI is InChI=1S/C20H26O5S2/c21-11-16(22)17(23)18(24)19(25)20(26-12-14-7-3-1-4-8-14)27-13-15-9-5-2-6-10-15/h1-10,16-25H,11-13H2/t16-,17-,18+,19+/m0/s1. The Labute approximate surface area is 168 Å². The Balaban J connectivity index is 2.04. The topological polar surface area (TPSA) is 101 Å². The molecule has 5 nitrogen and oxygen atoms in total. The van der Waals surface area contributed by atoms with Crippen LogP contribution in [0.1, 0.15) is 11.1 Å². The Morgan fingerprint density at radius 3 is 1.48 bits per heavy atom. The minimum Gasteiger partial charge on any atom is -0.394 e. The Morgan fingerprint density at radius 2 is 1.07 bits per heavy atom. The predicted octanol–water partition coefficient (Wildman–Crippen LogP) is 1.62. The zero-order valence-electron chi connectivity index (χ0n) is 14.8. The van der Waals surface area contributed by atoms with Crippen molar-refractivity contribution in [2.45, 2.75) is 40.5 Å². The van der Waals surface area contributed by atoms with Gasteiger partial charge in [-0.15, -0.1) is 23.5 Å². The highest BCUT2D eigenvalue weighted by Crippen LogP contribution is 2.34. The van der Waals surface area contributed by atoms with Gasteiger partial charge in [0.1, 0.15) is 24.4 Å². The molecule has 0 aliphatic heterocycles. The fourth-order valence-corrected chi connectivity index (χ4v) is 5.06. The van der Waals surface area contributed by atoms with E-state index in [-0.39, 0.29) is 0 Å². The molecule has 27 heavy (non-hydrogen) atoms. The lowest BCUT2D eigenvalue weighted by Crippen LogP contribution is -2.48. The van der Waals surface area contributed by atoms with Crippen molar-refractivity contribution in [1.82, 2.24) is 0 Å². The van der Waals surface area contributed by atoms with Crippen molar-refractivity contribution >= 4 is 23.5 Å². The van der Waals surface area contributed by atoms with Crippen LogP contribution in [0.25, 0.3) is 0 Å². The fraction of sp³-hybridized carbons (Fsp3) is 0.400.